The average molecular weight is 253 g/mol. The van der Waals surface area contributed by atoms with Gasteiger partial charge in [-0.05, 0) is 19.9 Å². The van der Waals surface area contributed by atoms with E-state index in [1.807, 2.05) is 0 Å². The van der Waals surface area contributed by atoms with Crippen molar-refractivity contribution >= 4 is 6.01 Å². The number of hydrogen-bond donors (Lipinski definition) is 1. The molecule has 0 spiro atoms. The molecule has 1 fully saturated rings. The Morgan fingerprint density at radius 3 is 3.06 bits per heavy atom. The monoisotopic (exact) mass is 253 g/mol. The van der Waals surface area contributed by atoms with Crippen LogP contribution in [0.5, 0.6) is 0 Å². The highest BCUT2D eigenvalue weighted by Crippen LogP contribution is 2.22. The van der Waals surface area contributed by atoms with Gasteiger partial charge in [-0.1, -0.05) is 13.8 Å². The molecule has 1 saturated heterocycles. The van der Waals surface area contributed by atoms with Crippen molar-refractivity contribution in [1.82, 2.24) is 10.3 Å². The highest BCUT2D eigenvalue weighted by Gasteiger charge is 2.28. The molecule has 2 unspecified atom stereocenters. The maximum absolute atomic E-state index is 5.68. The summed E-state index contributed by atoms with van der Waals surface area (Å²) in [6.45, 7) is 9.63. The number of ether oxygens (including phenoxy) is 1. The lowest BCUT2D eigenvalue weighted by atomic mass is 10.1. The molecule has 1 aromatic heterocycles. The number of oxazole rings is 1. The van der Waals surface area contributed by atoms with Crippen LogP contribution in [-0.2, 0) is 11.3 Å². The molecule has 1 aliphatic rings. The van der Waals surface area contributed by atoms with Gasteiger partial charge in [-0.3, -0.25) is 0 Å². The summed E-state index contributed by atoms with van der Waals surface area (Å²) in [6, 6.07) is 1.09. The summed E-state index contributed by atoms with van der Waals surface area (Å²) in [6.07, 6.45) is 3.01. The first-order chi connectivity index (χ1) is 8.74. The van der Waals surface area contributed by atoms with Crippen LogP contribution in [0.4, 0.5) is 6.01 Å². The van der Waals surface area contributed by atoms with Gasteiger partial charge in [-0.15, -0.1) is 0 Å². The topological polar surface area (TPSA) is 50.5 Å². The molecule has 5 heteroatoms. The van der Waals surface area contributed by atoms with Crippen LogP contribution in [0.2, 0.25) is 0 Å². The maximum Gasteiger partial charge on any atom is 0.297 e. The number of aromatic nitrogens is 1. The van der Waals surface area contributed by atoms with Crippen LogP contribution < -0.4 is 10.2 Å². The van der Waals surface area contributed by atoms with E-state index in [-0.39, 0.29) is 6.10 Å². The van der Waals surface area contributed by atoms with Crippen molar-refractivity contribution in [2.45, 2.75) is 45.9 Å². The molecule has 1 aliphatic heterocycles. The van der Waals surface area contributed by atoms with E-state index in [2.05, 4.69) is 36.0 Å². The van der Waals surface area contributed by atoms with Crippen LogP contribution in [0.15, 0.2) is 10.7 Å². The molecule has 2 heterocycles. The molecule has 5 nitrogen and oxygen atoms in total. The summed E-state index contributed by atoms with van der Waals surface area (Å²) in [4.78, 5) is 6.77. The van der Waals surface area contributed by atoms with Gasteiger partial charge in [-0.2, -0.15) is 4.98 Å². The van der Waals surface area contributed by atoms with Gasteiger partial charge in [0.1, 0.15) is 6.26 Å². The van der Waals surface area contributed by atoms with Gasteiger partial charge in [0.05, 0.1) is 24.4 Å². The van der Waals surface area contributed by atoms with Gasteiger partial charge in [0.25, 0.3) is 6.01 Å². The van der Waals surface area contributed by atoms with Crippen molar-refractivity contribution in [2.24, 2.45) is 0 Å². The zero-order chi connectivity index (χ0) is 13.0. The van der Waals surface area contributed by atoms with Gasteiger partial charge in [0, 0.05) is 13.1 Å². The molecular formula is C13H23N3O2. The normalized spacial score (nSPS) is 24.5. The Kier molecular flexibility index (Phi) is 4.60. The quantitative estimate of drug-likeness (QED) is 0.867. The first kappa shape index (κ1) is 13.4. The molecule has 2 rings (SSSR count). The Labute approximate surface area is 109 Å². The van der Waals surface area contributed by atoms with Crippen molar-refractivity contribution in [3.63, 3.8) is 0 Å². The summed E-state index contributed by atoms with van der Waals surface area (Å²) in [5, 5.41) is 3.25. The number of anilines is 1. The summed E-state index contributed by atoms with van der Waals surface area (Å²) >= 11 is 0. The Bertz CT molecular complexity index is 367. The minimum absolute atomic E-state index is 0.233. The molecule has 0 saturated carbocycles. The zero-order valence-corrected chi connectivity index (χ0v) is 11.5. The van der Waals surface area contributed by atoms with E-state index in [9.17, 15) is 0 Å². The Morgan fingerprint density at radius 2 is 2.33 bits per heavy atom. The number of rotatable bonds is 5. The first-order valence-corrected chi connectivity index (χ1v) is 6.78. The van der Waals surface area contributed by atoms with Crippen LogP contribution in [-0.4, -0.2) is 36.8 Å². The van der Waals surface area contributed by atoms with Crippen molar-refractivity contribution < 1.29 is 9.15 Å². The summed E-state index contributed by atoms with van der Waals surface area (Å²) in [5.41, 5.74) is 0.959. The molecule has 102 valence electrons. The highest BCUT2D eigenvalue weighted by atomic mass is 16.5. The standard InChI is InChI=1S/C13H23N3O2/c1-4-12-9-17-10(3)7-16(12)13-15-11(8-18-13)6-14-5-2/h8,10,12,14H,4-7,9H2,1-3H3. The van der Waals surface area contributed by atoms with Crippen LogP contribution in [0, 0.1) is 0 Å². The van der Waals surface area contributed by atoms with E-state index in [0.29, 0.717) is 6.04 Å². The van der Waals surface area contributed by atoms with Crippen molar-refractivity contribution in [1.29, 1.82) is 0 Å². The SMILES string of the molecule is CCNCc1coc(N2CC(C)OCC2CC)n1. The minimum Gasteiger partial charge on any atom is -0.432 e. The highest BCUT2D eigenvalue weighted by molar-refractivity contribution is 5.30. The molecule has 1 aromatic rings. The van der Waals surface area contributed by atoms with Gasteiger partial charge in [0.15, 0.2) is 0 Å². The molecule has 1 N–H and O–H groups in total. The lowest BCUT2D eigenvalue weighted by Crippen LogP contribution is -2.48. The van der Waals surface area contributed by atoms with Crippen LogP contribution in [0.1, 0.15) is 32.9 Å². The van der Waals surface area contributed by atoms with Gasteiger partial charge in [-0.25, -0.2) is 0 Å². The number of nitrogens with zero attached hydrogens (tertiary/aromatic N) is 2. The smallest absolute Gasteiger partial charge is 0.297 e. The second-order valence-corrected chi connectivity index (χ2v) is 4.76. The predicted molar refractivity (Wildman–Crippen MR) is 70.7 cm³/mol. The van der Waals surface area contributed by atoms with E-state index in [1.165, 1.54) is 0 Å². The van der Waals surface area contributed by atoms with Crippen molar-refractivity contribution in [3.05, 3.63) is 12.0 Å². The molecule has 0 aliphatic carbocycles. The van der Waals surface area contributed by atoms with E-state index >= 15 is 0 Å². The summed E-state index contributed by atoms with van der Waals surface area (Å²) in [7, 11) is 0. The second-order valence-electron chi connectivity index (χ2n) is 4.76. The Morgan fingerprint density at radius 1 is 1.50 bits per heavy atom. The number of morpholine rings is 1. The largest absolute Gasteiger partial charge is 0.432 e. The van der Waals surface area contributed by atoms with Gasteiger partial charge in [0.2, 0.25) is 0 Å². The third-order valence-corrected chi connectivity index (χ3v) is 3.28. The fraction of sp³-hybridized carbons (Fsp3) is 0.769. The van der Waals surface area contributed by atoms with E-state index in [0.717, 1.165) is 44.4 Å². The van der Waals surface area contributed by atoms with E-state index in [1.54, 1.807) is 6.26 Å². The molecule has 18 heavy (non-hydrogen) atoms. The average Bonchev–Trinajstić information content (AvgIpc) is 2.85. The van der Waals surface area contributed by atoms with Gasteiger partial charge < -0.3 is 19.4 Å². The van der Waals surface area contributed by atoms with Crippen LogP contribution >= 0.6 is 0 Å². The summed E-state index contributed by atoms with van der Waals surface area (Å²) in [5.74, 6) is 0. The van der Waals surface area contributed by atoms with Crippen molar-refractivity contribution in [2.75, 3.05) is 24.6 Å². The first-order valence-electron chi connectivity index (χ1n) is 6.78. The predicted octanol–water partition coefficient (Wildman–Crippen LogP) is 1.79. The molecular weight excluding hydrogens is 230 g/mol. The third kappa shape index (κ3) is 3.03. The molecule has 0 aromatic carbocycles. The number of hydrogen-bond acceptors (Lipinski definition) is 5. The molecule has 0 bridgehead atoms. The van der Waals surface area contributed by atoms with Crippen molar-refractivity contribution in [3.8, 4) is 0 Å². The molecule has 0 radical (unpaired) electrons. The van der Waals surface area contributed by atoms with E-state index < -0.39 is 0 Å². The second kappa shape index (κ2) is 6.20. The minimum atomic E-state index is 0.233. The zero-order valence-electron chi connectivity index (χ0n) is 11.5. The fourth-order valence-electron chi connectivity index (χ4n) is 2.18. The van der Waals surface area contributed by atoms with Crippen LogP contribution in [0.3, 0.4) is 0 Å². The maximum atomic E-state index is 5.68. The van der Waals surface area contributed by atoms with E-state index in [4.69, 9.17) is 9.15 Å². The molecule has 0 amide bonds. The number of nitrogens with one attached hydrogen (secondary N) is 1. The Hall–Kier alpha value is -1.07. The lowest BCUT2D eigenvalue weighted by molar-refractivity contribution is 0.0278. The third-order valence-electron chi connectivity index (χ3n) is 3.28. The lowest BCUT2D eigenvalue weighted by Gasteiger charge is -2.37. The molecule has 2 atom stereocenters. The fourth-order valence-corrected chi connectivity index (χ4v) is 2.18. The summed E-state index contributed by atoms with van der Waals surface area (Å²) < 4.78 is 11.3. The van der Waals surface area contributed by atoms with Gasteiger partial charge >= 0.3 is 0 Å². The Balaban J connectivity index is 2.05. The van der Waals surface area contributed by atoms with Crippen LogP contribution in [0.25, 0.3) is 0 Å².